The quantitative estimate of drug-likeness (QED) is 0.576. The van der Waals surface area contributed by atoms with E-state index in [-0.39, 0.29) is 0 Å². The van der Waals surface area contributed by atoms with Gasteiger partial charge in [-0.05, 0) is 37.7 Å². The summed E-state index contributed by atoms with van der Waals surface area (Å²) in [4.78, 5) is 15.0. The average Bonchev–Trinajstić information content (AvgIpc) is 2.29. The van der Waals surface area contributed by atoms with Crippen molar-refractivity contribution in [2.24, 2.45) is 5.73 Å². The average molecular weight is 254 g/mol. The fourth-order valence-corrected chi connectivity index (χ4v) is 2.18. The molecule has 0 aliphatic carbocycles. The molecule has 1 unspecified atom stereocenters. The number of nitrogens with zero attached hydrogens (tertiary/aromatic N) is 1. The van der Waals surface area contributed by atoms with Gasteiger partial charge in [-0.1, -0.05) is 12.5 Å². The maximum atomic E-state index is 10.8. The van der Waals surface area contributed by atoms with Gasteiger partial charge in [0.25, 0.3) is 0 Å². The lowest BCUT2D eigenvalue weighted by atomic mass is 9.97. The van der Waals surface area contributed by atoms with Crippen molar-refractivity contribution in [3.05, 3.63) is 24.4 Å². The van der Waals surface area contributed by atoms with Gasteiger partial charge in [-0.15, -0.1) is 11.8 Å². The van der Waals surface area contributed by atoms with E-state index in [0.29, 0.717) is 6.42 Å². The van der Waals surface area contributed by atoms with Gasteiger partial charge < -0.3 is 10.8 Å². The van der Waals surface area contributed by atoms with Gasteiger partial charge in [0, 0.05) is 6.20 Å². The van der Waals surface area contributed by atoms with Gasteiger partial charge in [0.1, 0.15) is 5.54 Å². The third kappa shape index (κ3) is 5.19. The number of aliphatic carboxylic acids is 1. The highest BCUT2D eigenvalue weighted by atomic mass is 32.2. The van der Waals surface area contributed by atoms with Crippen molar-refractivity contribution in [1.29, 1.82) is 0 Å². The molecule has 1 aromatic rings. The van der Waals surface area contributed by atoms with Crippen LogP contribution in [0.3, 0.4) is 0 Å². The van der Waals surface area contributed by atoms with Gasteiger partial charge in [-0.2, -0.15) is 0 Å². The first-order chi connectivity index (χ1) is 8.02. The Bertz CT molecular complexity index is 355. The molecule has 0 aliphatic heterocycles. The summed E-state index contributed by atoms with van der Waals surface area (Å²) >= 11 is 1.68. The Labute approximate surface area is 106 Å². The van der Waals surface area contributed by atoms with Crippen molar-refractivity contribution in [3.8, 4) is 0 Å². The Kier molecular flexibility index (Phi) is 5.44. The zero-order valence-corrected chi connectivity index (χ0v) is 10.7. The van der Waals surface area contributed by atoms with Crippen LogP contribution in [-0.2, 0) is 4.79 Å². The van der Waals surface area contributed by atoms with E-state index in [1.807, 2.05) is 18.2 Å². The molecule has 1 rings (SSSR count). The number of carboxylic acids is 1. The third-order valence-electron chi connectivity index (χ3n) is 2.47. The molecule has 0 radical (unpaired) electrons. The Morgan fingerprint density at radius 2 is 2.29 bits per heavy atom. The van der Waals surface area contributed by atoms with E-state index in [0.717, 1.165) is 23.6 Å². The zero-order chi connectivity index (χ0) is 12.7. The molecule has 17 heavy (non-hydrogen) atoms. The van der Waals surface area contributed by atoms with Crippen molar-refractivity contribution in [2.75, 3.05) is 5.75 Å². The van der Waals surface area contributed by atoms with Crippen LogP contribution in [0.4, 0.5) is 0 Å². The molecule has 0 aromatic carbocycles. The monoisotopic (exact) mass is 254 g/mol. The number of hydrogen-bond acceptors (Lipinski definition) is 4. The van der Waals surface area contributed by atoms with E-state index in [4.69, 9.17) is 10.8 Å². The van der Waals surface area contributed by atoms with Crippen LogP contribution in [0, 0.1) is 0 Å². The summed E-state index contributed by atoms with van der Waals surface area (Å²) in [7, 11) is 0. The highest BCUT2D eigenvalue weighted by Crippen LogP contribution is 2.18. The van der Waals surface area contributed by atoms with Crippen molar-refractivity contribution in [3.63, 3.8) is 0 Å². The number of pyridine rings is 1. The molecule has 0 fully saturated rings. The standard InChI is InChI=1S/C12H18N2O2S/c1-12(13,11(15)16)7-3-5-9-17-10-6-2-4-8-14-10/h2,4,6,8H,3,5,7,9,13H2,1H3,(H,15,16). The van der Waals surface area contributed by atoms with Gasteiger partial charge in [-0.3, -0.25) is 4.79 Å². The number of aromatic nitrogens is 1. The smallest absolute Gasteiger partial charge is 0.323 e. The van der Waals surface area contributed by atoms with Crippen LogP contribution in [0.2, 0.25) is 0 Å². The van der Waals surface area contributed by atoms with E-state index in [1.54, 1.807) is 24.9 Å². The number of thioether (sulfide) groups is 1. The first-order valence-corrected chi connectivity index (χ1v) is 6.57. The van der Waals surface area contributed by atoms with Crippen LogP contribution in [0.25, 0.3) is 0 Å². The minimum Gasteiger partial charge on any atom is -0.480 e. The number of nitrogens with two attached hydrogens (primary N) is 1. The van der Waals surface area contributed by atoms with E-state index < -0.39 is 11.5 Å². The SMILES string of the molecule is CC(N)(CCCCSc1ccccn1)C(=O)O. The third-order valence-corrected chi connectivity index (χ3v) is 3.50. The fourth-order valence-electron chi connectivity index (χ4n) is 1.31. The summed E-state index contributed by atoms with van der Waals surface area (Å²) in [5.74, 6) is 0.00192. The predicted octanol–water partition coefficient (Wildman–Crippen LogP) is 2.15. The summed E-state index contributed by atoms with van der Waals surface area (Å²) in [5, 5.41) is 9.84. The Balaban J connectivity index is 2.15. The molecule has 0 aliphatic rings. The van der Waals surface area contributed by atoms with Crippen LogP contribution >= 0.6 is 11.8 Å². The lowest BCUT2D eigenvalue weighted by molar-refractivity contribution is -0.142. The number of carbonyl (C=O) groups is 1. The second kappa shape index (κ2) is 6.61. The molecule has 1 heterocycles. The predicted molar refractivity (Wildman–Crippen MR) is 69.0 cm³/mol. The number of carboxylic acid groups (broad SMARTS) is 1. The van der Waals surface area contributed by atoms with Crippen LogP contribution in [0.1, 0.15) is 26.2 Å². The highest BCUT2D eigenvalue weighted by molar-refractivity contribution is 7.99. The normalized spacial score (nSPS) is 14.2. The first-order valence-electron chi connectivity index (χ1n) is 5.58. The maximum absolute atomic E-state index is 10.8. The summed E-state index contributed by atoms with van der Waals surface area (Å²) in [5.41, 5.74) is 4.53. The Morgan fingerprint density at radius 1 is 1.53 bits per heavy atom. The Morgan fingerprint density at radius 3 is 2.88 bits per heavy atom. The second-order valence-corrected chi connectivity index (χ2v) is 5.31. The van der Waals surface area contributed by atoms with Crippen LogP contribution in [0.15, 0.2) is 29.4 Å². The lowest BCUT2D eigenvalue weighted by Gasteiger charge is -2.18. The molecule has 4 nitrogen and oxygen atoms in total. The van der Waals surface area contributed by atoms with Gasteiger partial charge in [0.05, 0.1) is 5.03 Å². The molecule has 0 saturated heterocycles. The molecule has 1 aromatic heterocycles. The fraction of sp³-hybridized carbons (Fsp3) is 0.500. The van der Waals surface area contributed by atoms with E-state index in [9.17, 15) is 4.79 Å². The number of hydrogen-bond donors (Lipinski definition) is 2. The van der Waals surface area contributed by atoms with E-state index >= 15 is 0 Å². The molecular weight excluding hydrogens is 236 g/mol. The second-order valence-electron chi connectivity index (χ2n) is 4.20. The largest absolute Gasteiger partial charge is 0.480 e. The molecular formula is C12H18N2O2S. The summed E-state index contributed by atoms with van der Waals surface area (Å²) in [6.45, 7) is 1.56. The molecule has 3 N–H and O–H groups in total. The number of unbranched alkanes of at least 4 members (excludes halogenated alkanes) is 1. The minimum absolute atomic E-state index is 0.505. The van der Waals surface area contributed by atoms with Crippen molar-refractivity contribution < 1.29 is 9.90 Å². The molecule has 0 spiro atoms. The van der Waals surface area contributed by atoms with E-state index in [1.165, 1.54) is 0 Å². The lowest BCUT2D eigenvalue weighted by Crippen LogP contribution is -2.44. The number of rotatable bonds is 7. The van der Waals surface area contributed by atoms with Crippen LogP contribution in [-0.4, -0.2) is 27.4 Å². The first kappa shape index (κ1) is 14.0. The van der Waals surface area contributed by atoms with Crippen LogP contribution in [0.5, 0.6) is 0 Å². The molecule has 0 saturated carbocycles. The van der Waals surface area contributed by atoms with E-state index in [2.05, 4.69) is 4.98 Å². The van der Waals surface area contributed by atoms with Gasteiger partial charge in [-0.25, -0.2) is 4.98 Å². The molecule has 1 atom stereocenters. The Hall–Kier alpha value is -1.07. The van der Waals surface area contributed by atoms with Crippen LogP contribution < -0.4 is 5.73 Å². The highest BCUT2D eigenvalue weighted by Gasteiger charge is 2.26. The maximum Gasteiger partial charge on any atom is 0.323 e. The van der Waals surface area contributed by atoms with Crippen molar-refractivity contribution in [1.82, 2.24) is 4.98 Å². The molecule has 5 heteroatoms. The van der Waals surface area contributed by atoms with Crippen molar-refractivity contribution >= 4 is 17.7 Å². The minimum atomic E-state index is -1.10. The molecule has 0 bridgehead atoms. The molecule has 94 valence electrons. The zero-order valence-electron chi connectivity index (χ0n) is 9.93. The summed E-state index contributed by atoms with van der Waals surface area (Å²) in [6.07, 6.45) is 4.04. The summed E-state index contributed by atoms with van der Waals surface area (Å²) < 4.78 is 0. The van der Waals surface area contributed by atoms with Gasteiger partial charge >= 0.3 is 5.97 Å². The topological polar surface area (TPSA) is 76.2 Å². The van der Waals surface area contributed by atoms with Crippen molar-refractivity contribution in [2.45, 2.75) is 36.8 Å². The molecule has 0 amide bonds. The van der Waals surface area contributed by atoms with Gasteiger partial charge in [0.15, 0.2) is 0 Å². The summed E-state index contributed by atoms with van der Waals surface area (Å²) in [6, 6.07) is 5.81. The van der Waals surface area contributed by atoms with Gasteiger partial charge in [0.2, 0.25) is 0 Å².